The van der Waals surface area contributed by atoms with Crippen LogP contribution in [0.1, 0.15) is 43.4 Å². The molecule has 1 aliphatic carbocycles. The van der Waals surface area contributed by atoms with E-state index >= 15 is 0 Å². The number of anilines is 1. The molecule has 0 aliphatic heterocycles. The van der Waals surface area contributed by atoms with Gasteiger partial charge in [-0.3, -0.25) is 14.1 Å². The first kappa shape index (κ1) is 19.0. The number of hydrogen-bond donors (Lipinski definition) is 0. The molecule has 2 heterocycles. The Labute approximate surface area is 174 Å². The molecule has 1 aliphatic rings. The second kappa shape index (κ2) is 7.98. The zero-order valence-corrected chi connectivity index (χ0v) is 17.1. The maximum absolute atomic E-state index is 12.7. The lowest BCUT2D eigenvalue weighted by molar-refractivity contribution is -0.116. The van der Waals surface area contributed by atoms with Crippen molar-refractivity contribution in [1.82, 2.24) is 9.38 Å². The Morgan fingerprint density at radius 1 is 1.21 bits per heavy atom. The number of nitrogens with zero attached hydrogens (tertiary/aromatic N) is 3. The topological polar surface area (TPSA) is 37.6 Å². The van der Waals surface area contributed by atoms with E-state index in [2.05, 4.69) is 12.2 Å². The van der Waals surface area contributed by atoms with Gasteiger partial charge in [0.05, 0.1) is 22.3 Å². The van der Waals surface area contributed by atoms with E-state index in [0.29, 0.717) is 22.5 Å². The smallest absolute Gasteiger partial charge is 0.225 e. The van der Waals surface area contributed by atoms with Gasteiger partial charge in [0.1, 0.15) is 11.5 Å². The summed E-state index contributed by atoms with van der Waals surface area (Å²) in [5.74, 6) is 1.11. The summed E-state index contributed by atoms with van der Waals surface area (Å²) in [7, 11) is 0. The van der Waals surface area contributed by atoms with E-state index in [1.807, 2.05) is 40.9 Å². The molecule has 1 atom stereocenters. The van der Waals surface area contributed by atoms with Crippen LogP contribution >= 0.6 is 23.2 Å². The fourth-order valence-electron chi connectivity index (χ4n) is 3.74. The second-order valence-corrected chi connectivity index (χ2v) is 7.90. The number of pyridine rings is 1. The van der Waals surface area contributed by atoms with Crippen LogP contribution in [0.3, 0.4) is 0 Å². The van der Waals surface area contributed by atoms with Gasteiger partial charge in [0, 0.05) is 19.0 Å². The third-order valence-electron chi connectivity index (χ3n) is 5.15. The maximum Gasteiger partial charge on any atom is 0.225 e. The Morgan fingerprint density at radius 3 is 2.79 bits per heavy atom. The summed E-state index contributed by atoms with van der Waals surface area (Å²) >= 11 is 12.2. The van der Waals surface area contributed by atoms with Crippen molar-refractivity contribution in [2.24, 2.45) is 0 Å². The largest absolute Gasteiger partial charge is 0.292 e. The number of amides is 1. The molecule has 0 N–H and O–H groups in total. The number of halogens is 2. The van der Waals surface area contributed by atoms with Gasteiger partial charge in [-0.2, -0.15) is 0 Å². The van der Waals surface area contributed by atoms with Crippen LogP contribution in [-0.4, -0.2) is 15.3 Å². The number of rotatable bonds is 4. The molecule has 0 spiro atoms. The van der Waals surface area contributed by atoms with E-state index < -0.39 is 0 Å². The van der Waals surface area contributed by atoms with Crippen LogP contribution in [0.4, 0.5) is 5.82 Å². The first-order chi connectivity index (χ1) is 13.5. The summed E-state index contributed by atoms with van der Waals surface area (Å²) in [5.41, 5.74) is 2.75. The third kappa shape index (κ3) is 3.67. The quantitative estimate of drug-likeness (QED) is 0.490. The predicted molar refractivity (Wildman–Crippen MR) is 114 cm³/mol. The Balaban J connectivity index is 1.82. The molecule has 0 fully saturated rings. The normalized spacial score (nSPS) is 16.5. The zero-order chi connectivity index (χ0) is 19.7. The summed E-state index contributed by atoms with van der Waals surface area (Å²) < 4.78 is 2.01. The highest BCUT2D eigenvalue weighted by Crippen LogP contribution is 2.36. The monoisotopic (exact) mass is 413 g/mol. The van der Waals surface area contributed by atoms with Gasteiger partial charge < -0.3 is 0 Å². The highest BCUT2D eigenvalue weighted by atomic mass is 35.5. The van der Waals surface area contributed by atoms with Crippen LogP contribution in [0.25, 0.3) is 5.65 Å². The minimum atomic E-state index is -0.0377. The third-order valence-corrected chi connectivity index (χ3v) is 5.89. The molecule has 0 saturated heterocycles. The molecule has 0 radical (unpaired) electrons. The molecular formula is C22H21Cl2N3O. The van der Waals surface area contributed by atoms with E-state index in [9.17, 15) is 4.79 Å². The van der Waals surface area contributed by atoms with Crippen molar-refractivity contribution in [3.05, 3.63) is 76.0 Å². The van der Waals surface area contributed by atoms with Crippen molar-refractivity contribution in [3.8, 4) is 0 Å². The number of benzene rings is 1. The van der Waals surface area contributed by atoms with Crippen LogP contribution in [0.15, 0.2) is 54.7 Å². The van der Waals surface area contributed by atoms with Crippen LogP contribution in [0, 0.1) is 0 Å². The Kier molecular flexibility index (Phi) is 5.42. The number of carbonyl (C=O) groups is 1. The van der Waals surface area contributed by atoms with Crippen LogP contribution in [-0.2, 0) is 11.3 Å². The molecule has 1 unspecified atom stereocenters. The van der Waals surface area contributed by atoms with Gasteiger partial charge in [0.15, 0.2) is 0 Å². The Bertz CT molecular complexity index is 1060. The number of allylic oxidation sites excluding steroid dienone is 2. The zero-order valence-electron chi connectivity index (χ0n) is 15.6. The molecule has 144 valence electrons. The van der Waals surface area contributed by atoms with Crippen molar-refractivity contribution in [1.29, 1.82) is 0 Å². The summed E-state index contributed by atoms with van der Waals surface area (Å²) in [6.07, 6.45) is 9.39. The molecule has 3 aromatic rings. The van der Waals surface area contributed by atoms with Gasteiger partial charge in [-0.1, -0.05) is 47.5 Å². The molecule has 6 heteroatoms. The van der Waals surface area contributed by atoms with Gasteiger partial charge in [-0.25, -0.2) is 4.98 Å². The number of imidazole rings is 1. The van der Waals surface area contributed by atoms with Crippen molar-refractivity contribution in [2.45, 2.75) is 38.6 Å². The average molecular weight is 414 g/mol. The van der Waals surface area contributed by atoms with Gasteiger partial charge >= 0.3 is 0 Å². The lowest BCUT2D eigenvalue weighted by atomic mass is 9.91. The number of fused-ring (bicyclic) bond motifs is 1. The molecule has 2 aromatic heterocycles. The Hall–Kier alpha value is -2.30. The van der Waals surface area contributed by atoms with E-state index in [1.165, 1.54) is 0 Å². The van der Waals surface area contributed by atoms with Crippen LogP contribution in [0.5, 0.6) is 0 Å². The average Bonchev–Trinajstić information content (AvgIpc) is 3.08. The van der Waals surface area contributed by atoms with Crippen LogP contribution in [0.2, 0.25) is 10.0 Å². The molecular weight excluding hydrogens is 393 g/mol. The van der Waals surface area contributed by atoms with E-state index in [0.717, 1.165) is 42.0 Å². The second-order valence-electron chi connectivity index (χ2n) is 7.08. The van der Waals surface area contributed by atoms with E-state index in [1.54, 1.807) is 17.9 Å². The number of hydrogen-bond acceptors (Lipinski definition) is 2. The summed E-state index contributed by atoms with van der Waals surface area (Å²) in [5, 5.41) is 0.989. The first-order valence-corrected chi connectivity index (χ1v) is 10.1. The number of aromatic nitrogens is 2. The minimum absolute atomic E-state index is 0.0377. The van der Waals surface area contributed by atoms with Gasteiger partial charge in [0.25, 0.3) is 0 Å². The molecule has 28 heavy (non-hydrogen) atoms. The highest BCUT2D eigenvalue weighted by molar-refractivity contribution is 6.42. The van der Waals surface area contributed by atoms with Crippen LogP contribution < -0.4 is 4.90 Å². The first-order valence-electron chi connectivity index (χ1n) is 9.38. The predicted octanol–water partition coefficient (Wildman–Crippen LogP) is 6.02. The lowest BCUT2D eigenvalue weighted by Gasteiger charge is -2.25. The van der Waals surface area contributed by atoms with Crippen molar-refractivity contribution in [2.75, 3.05) is 4.90 Å². The van der Waals surface area contributed by atoms with E-state index in [-0.39, 0.29) is 5.91 Å². The fourth-order valence-corrected chi connectivity index (χ4v) is 4.06. The summed E-state index contributed by atoms with van der Waals surface area (Å²) in [6, 6.07) is 11.4. The summed E-state index contributed by atoms with van der Waals surface area (Å²) in [4.78, 5) is 19.4. The van der Waals surface area contributed by atoms with Crippen molar-refractivity contribution >= 4 is 40.6 Å². The Morgan fingerprint density at radius 2 is 2.07 bits per heavy atom. The number of carbonyl (C=O) groups excluding carboxylic acids is 1. The SMILES string of the molecule is CC(=O)N(Cc1ccc(Cl)c(Cl)c1)c1c(C2CC=CCC2)nc2ccccn12. The molecule has 1 aromatic carbocycles. The van der Waals surface area contributed by atoms with Crippen molar-refractivity contribution in [3.63, 3.8) is 0 Å². The highest BCUT2D eigenvalue weighted by Gasteiger charge is 2.27. The van der Waals surface area contributed by atoms with Gasteiger partial charge in [-0.15, -0.1) is 0 Å². The van der Waals surface area contributed by atoms with E-state index in [4.69, 9.17) is 28.2 Å². The molecule has 0 saturated carbocycles. The van der Waals surface area contributed by atoms with Crippen molar-refractivity contribution < 1.29 is 4.79 Å². The fraction of sp³-hybridized carbons (Fsp3) is 0.273. The lowest BCUT2D eigenvalue weighted by Crippen LogP contribution is -2.30. The molecule has 4 rings (SSSR count). The van der Waals surface area contributed by atoms with Gasteiger partial charge in [-0.05, 0) is 49.1 Å². The minimum Gasteiger partial charge on any atom is -0.292 e. The molecule has 4 nitrogen and oxygen atoms in total. The molecule has 0 bridgehead atoms. The van der Waals surface area contributed by atoms with Gasteiger partial charge in [0.2, 0.25) is 5.91 Å². The molecule has 1 amide bonds. The standard InChI is InChI=1S/C22H21Cl2N3O/c1-15(28)27(14-16-10-11-18(23)19(24)13-16)22-21(17-7-3-2-4-8-17)25-20-9-5-6-12-26(20)22/h2-3,5-6,9-13,17H,4,7-8,14H2,1H3. The summed E-state index contributed by atoms with van der Waals surface area (Å²) in [6.45, 7) is 1.99. The maximum atomic E-state index is 12.7.